The van der Waals surface area contributed by atoms with Crippen molar-refractivity contribution in [2.75, 3.05) is 0 Å². The smallest absolute Gasteiger partial charge is 0.0725 e. The molecule has 2 aliphatic rings. The first-order valence-corrected chi connectivity index (χ1v) is 8.63. The summed E-state index contributed by atoms with van der Waals surface area (Å²) in [6, 6.07) is 26.2. The Kier molecular flexibility index (Phi) is 5.66. The molecule has 28 heavy (non-hydrogen) atoms. The zero-order valence-electron chi connectivity index (χ0n) is 14.0. The summed E-state index contributed by atoms with van der Waals surface area (Å²) in [5.74, 6) is 0. The number of hydrogen-bond acceptors (Lipinski definition) is 0. The summed E-state index contributed by atoms with van der Waals surface area (Å²) >= 11 is 0. The summed E-state index contributed by atoms with van der Waals surface area (Å²) < 4.78 is 0. The monoisotopic (exact) mass is 366 g/mol. The Labute approximate surface area is 170 Å². The SMILES string of the molecule is C.C.C.C=CC1=C(C=C)C2(c3ccccc31)c1ccccc1-c1ccccc12. The van der Waals surface area contributed by atoms with Crippen LogP contribution in [0.2, 0.25) is 0 Å². The van der Waals surface area contributed by atoms with Crippen LogP contribution in [-0.2, 0) is 5.41 Å². The van der Waals surface area contributed by atoms with Gasteiger partial charge in [-0.2, -0.15) is 0 Å². The van der Waals surface area contributed by atoms with Gasteiger partial charge in [0.05, 0.1) is 5.41 Å². The van der Waals surface area contributed by atoms with E-state index in [2.05, 4.69) is 86.0 Å². The highest BCUT2D eigenvalue weighted by Crippen LogP contribution is 2.61. The molecular weight excluding hydrogens is 336 g/mol. The van der Waals surface area contributed by atoms with E-state index < -0.39 is 0 Å². The minimum absolute atomic E-state index is 0. The molecule has 0 radical (unpaired) electrons. The molecule has 0 fully saturated rings. The maximum absolute atomic E-state index is 4.18. The van der Waals surface area contributed by atoms with Crippen molar-refractivity contribution < 1.29 is 0 Å². The van der Waals surface area contributed by atoms with Crippen LogP contribution in [0.4, 0.5) is 0 Å². The van der Waals surface area contributed by atoms with Crippen molar-refractivity contribution in [3.8, 4) is 11.1 Å². The lowest BCUT2D eigenvalue weighted by Crippen LogP contribution is -2.26. The molecule has 0 unspecified atom stereocenters. The fourth-order valence-electron chi connectivity index (χ4n) is 4.84. The molecule has 0 aliphatic heterocycles. The molecule has 0 amide bonds. The van der Waals surface area contributed by atoms with Crippen molar-refractivity contribution in [1.29, 1.82) is 0 Å². The maximum atomic E-state index is 4.18. The second-order valence-corrected chi connectivity index (χ2v) is 6.62. The number of hydrogen-bond donors (Lipinski definition) is 0. The molecule has 5 rings (SSSR count). The lowest BCUT2D eigenvalue weighted by atomic mass is 9.69. The summed E-state index contributed by atoms with van der Waals surface area (Å²) in [7, 11) is 0. The van der Waals surface area contributed by atoms with Crippen LogP contribution in [0.25, 0.3) is 16.7 Å². The summed E-state index contributed by atoms with van der Waals surface area (Å²) in [6.45, 7) is 8.28. The first kappa shape index (κ1) is 21.2. The fourth-order valence-corrected chi connectivity index (χ4v) is 4.84. The van der Waals surface area contributed by atoms with Gasteiger partial charge >= 0.3 is 0 Å². The highest BCUT2D eigenvalue weighted by atomic mass is 14.5. The Morgan fingerprint density at radius 2 is 0.929 bits per heavy atom. The summed E-state index contributed by atoms with van der Waals surface area (Å²) in [4.78, 5) is 0. The van der Waals surface area contributed by atoms with Crippen LogP contribution in [-0.4, -0.2) is 0 Å². The highest BCUT2D eigenvalue weighted by molar-refractivity contribution is 5.97. The Bertz CT molecular complexity index is 1030. The molecule has 142 valence electrons. The van der Waals surface area contributed by atoms with Gasteiger partial charge in [0.2, 0.25) is 0 Å². The van der Waals surface area contributed by atoms with Gasteiger partial charge in [-0.05, 0) is 44.5 Å². The lowest BCUT2D eigenvalue weighted by Gasteiger charge is -2.31. The van der Waals surface area contributed by atoms with Crippen molar-refractivity contribution in [1.82, 2.24) is 0 Å². The van der Waals surface area contributed by atoms with Gasteiger partial charge in [0, 0.05) is 0 Å². The topological polar surface area (TPSA) is 0 Å². The van der Waals surface area contributed by atoms with E-state index in [0.29, 0.717) is 0 Å². The molecular formula is C28H30. The minimum atomic E-state index is -0.283. The van der Waals surface area contributed by atoms with Crippen LogP contribution >= 0.6 is 0 Å². The second-order valence-electron chi connectivity index (χ2n) is 6.62. The van der Waals surface area contributed by atoms with E-state index in [4.69, 9.17) is 0 Å². The van der Waals surface area contributed by atoms with Gasteiger partial charge in [-0.25, -0.2) is 0 Å². The van der Waals surface area contributed by atoms with E-state index in [9.17, 15) is 0 Å². The molecule has 0 saturated heterocycles. The molecule has 0 heteroatoms. The Morgan fingerprint density at radius 1 is 0.536 bits per heavy atom. The molecule has 0 atom stereocenters. The van der Waals surface area contributed by atoms with Crippen molar-refractivity contribution >= 4 is 5.57 Å². The van der Waals surface area contributed by atoms with Crippen molar-refractivity contribution in [2.45, 2.75) is 27.7 Å². The molecule has 0 nitrogen and oxygen atoms in total. The van der Waals surface area contributed by atoms with E-state index in [-0.39, 0.29) is 27.7 Å². The van der Waals surface area contributed by atoms with Gasteiger partial charge in [-0.15, -0.1) is 0 Å². The van der Waals surface area contributed by atoms with Crippen LogP contribution in [0.1, 0.15) is 44.5 Å². The molecule has 0 heterocycles. The number of fused-ring (bicyclic) bond motifs is 7. The van der Waals surface area contributed by atoms with Gasteiger partial charge in [0.1, 0.15) is 0 Å². The van der Waals surface area contributed by atoms with E-state index >= 15 is 0 Å². The molecule has 3 aromatic carbocycles. The van der Waals surface area contributed by atoms with Crippen LogP contribution in [0.5, 0.6) is 0 Å². The number of rotatable bonds is 2. The Hall–Kier alpha value is -3.12. The van der Waals surface area contributed by atoms with E-state index in [0.717, 1.165) is 0 Å². The van der Waals surface area contributed by atoms with Crippen LogP contribution < -0.4 is 0 Å². The summed E-state index contributed by atoms with van der Waals surface area (Å²) in [5, 5.41) is 0. The van der Waals surface area contributed by atoms with Crippen LogP contribution in [0.15, 0.2) is 104 Å². The highest BCUT2D eigenvalue weighted by Gasteiger charge is 2.51. The van der Waals surface area contributed by atoms with E-state index in [1.54, 1.807) is 0 Å². The molecule has 2 aliphatic carbocycles. The van der Waals surface area contributed by atoms with Crippen molar-refractivity contribution in [2.24, 2.45) is 0 Å². The maximum Gasteiger partial charge on any atom is 0.0725 e. The average Bonchev–Trinajstić information content (AvgIpc) is 3.14. The average molecular weight is 367 g/mol. The predicted molar refractivity (Wildman–Crippen MR) is 126 cm³/mol. The molecule has 0 saturated carbocycles. The number of allylic oxidation sites excluding steroid dienone is 4. The third kappa shape index (κ3) is 2.24. The van der Waals surface area contributed by atoms with Gasteiger partial charge in [0.25, 0.3) is 0 Å². The zero-order chi connectivity index (χ0) is 17.0. The first-order chi connectivity index (χ1) is 12.3. The van der Waals surface area contributed by atoms with Crippen LogP contribution in [0.3, 0.4) is 0 Å². The molecule has 0 aromatic heterocycles. The first-order valence-electron chi connectivity index (χ1n) is 8.63. The van der Waals surface area contributed by atoms with Gasteiger partial charge in [-0.1, -0.05) is 120 Å². The molecule has 1 spiro atoms. The fraction of sp³-hybridized carbons (Fsp3) is 0.143. The summed E-state index contributed by atoms with van der Waals surface area (Å²) in [5.41, 5.74) is 10.1. The van der Waals surface area contributed by atoms with E-state index in [1.807, 2.05) is 12.2 Å². The second kappa shape index (κ2) is 7.48. The summed E-state index contributed by atoms with van der Waals surface area (Å²) in [6.07, 6.45) is 4.00. The predicted octanol–water partition coefficient (Wildman–Crippen LogP) is 8.05. The van der Waals surface area contributed by atoms with Crippen LogP contribution in [0, 0.1) is 0 Å². The Balaban J connectivity index is 0.000000934. The van der Waals surface area contributed by atoms with Crippen molar-refractivity contribution in [3.05, 3.63) is 126 Å². The van der Waals surface area contributed by atoms with Gasteiger partial charge in [-0.3, -0.25) is 0 Å². The molecule has 0 bridgehead atoms. The standard InChI is InChI=1S/C25H18.3CH4/c1-3-17-18-11-5-8-14-22(18)25(21(17)4-2)23-15-9-6-12-19(23)20-13-7-10-16-24(20)25;;;/h3-16H,1-2H2;3*1H4. The van der Waals surface area contributed by atoms with Gasteiger partial charge < -0.3 is 0 Å². The zero-order valence-corrected chi connectivity index (χ0v) is 14.0. The molecule has 0 N–H and O–H groups in total. The van der Waals surface area contributed by atoms with Crippen molar-refractivity contribution in [3.63, 3.8) is 0 Å². The van der Waals surface area contributed by atoms with Gasteiger partial charge in [0.15, 0.2) is 0 Å². The third-order valence-corrected chi connectivity index (χ3v) is 5.68. The Morgan fingerprint density at radius 3 is 1.36 bits per heavy atom. The third-order valence-electron chi connectivity index (χ3n) is 5.68. The minimum Gasteiger partial charge on any atom is -0.0987 e. The van der Waals surface area contributed by atoms with E-state index in [1.165, 1.54) is 44.5 Å². The number of benzene rings is 3. The lowest BCUT2D eigenvalue weighted by molar-refractivity contribution is 0.787. The quantitative estimate of drug-likeness (QED) is 0.430. The largest absolute Gasteiger partial charge is 0.0987 e. The normalized spacial score (nSPS) is 14.0. The molecule has 3 aromatic rings.